The summed E-state index contributed by atoms with van der Waals surface area (Å²) < 4.78 is 11.1. The van der Waals surface area contributed by atoms with E-state index >= 15 is 0 Å². The predicted octanol–water partition coefficient (Wildman–Crippen LogP) is 3.80. The van der Waals surface area contributed by atoms with Gasteiger partial charge in [-0.25, -0.2) is 0 Å². The number of nitrogens with one attached hydrogen (secondary N) is 2. The SMILES string of the molecule is CC1(C)Cc2c(sc(NC(=O)c3ccc4c(c3)OCCO4)c2C#N)C(C)(C)N1. The molecule has 0 spiro atoms. The van der Waals surface area contributed by atoms with Crippen molar-refractivity contribution >= 4 is 22.2 Å². The standard InChI is InChI=1S/C21H23N3O3S/c1-20(2)10-13-14(11-22)19(28-17(13)21(3,4)24-20)23-18(25)12-5-6-15-16(9-12)27-8-7-26-15/h5-6,9,24H,7-8,10H2,1-4H3,(H,23,25). The Morgan fingerprint density at radius 3 is 2.64 bits per heavy atom. The van der Waals surface area contributed by atoms with Crippen LogP contribution in [0.15, 0.2) is 18.2 Å². The lowest BCUT2D eigenvalue weighted by Gasteiger charge is -2.42. The van der Waals surface area contributed by atoms with Crippen molar-refractivity contribution in [3.05, 3.63) is 39.8 Å². The lowest BCUT2D eigenvalue weighted by atomic mass is 9.81. The van der Waals surface area contributed by atoms with Crippen LogP contribution >= 0.6 is 11.3 Å². The van der Waals surface area contributed by atoms with Gasteiger partial charge in [-0.3, -0.25) is 4.79 Å². The second-order valence-corrected chi connectivity index (χ2v) is 9.37. The first-order valence-corrected chi connectivity index (χ1v) is 10.1. The van der Waals surface area contributed by atoms with Gasteiger partial charge in [0.2, 0.25) is 0 Å². The molecule has 0 fully saturated rings. The minimum atomic E-state index is -0.271. The molecular formula is C21H23N3O3S. The summed E-state index contributed by atoms with van der Waals surface area (Å²) in [5.41, 5.74) is 1.66. The summed E-state index contributed by atoms with van der Waals surface area (Å²) in [6, 6.07) is 7.43. The molecule has 146 valence electrons. The summed E-state index contributed by atoms with van der Waals surface area (Å²) in [4.78, 5) is 13.9. The van der Waals surface area contributed by atoms with Gasteiger partial charge in [0.25, 0.3) is 5.91 Å². The van der Waals surface area contributed by atoms with Gasteiger partial charge >= 0.3 is 0 Å². The Morgan fingerprint density at radius 1 is 1.21 bits per heavy atom. The number of ether oxygens (including phenoxy) is 2. The Labute approximate surface area is 168 Å². The van der Waals surface area contributed by atoms with Gasteiger partial charge in [0.05, 0.1) is 5.56 Å². The molecule has 0 bridgehead atoms. The quantitative estimate of drug-likeness (QED) is 0.805. The molecule has 0 radical (unpaired) electrons. The average Bonchev–Trinajstić information content (AvgIpc) is 2.97. The number of thiophene rings is 1. The van der Waals surface area contributed by atoms with Crippen LogP contribution in [0, 0.1) is 11.3 Å². The maximum atomic E-state index is 12.8. The van der Waals surface area contributed by atoms with Crippen molar-refractivity contribution in [3.63, 3.8) is 0 Å². The van der Waals surface area contributed by atoms with E-state index in [9.17, 15) is 10.1 Å². The number of fused-ring (bicyclic) bond motifs is 2. The zero-order valence-corrected chi connectivity index (χ0v) is 17.3. The third-order valence-electron chi connectivity index (χ3n) is 4.99. The number of amides is 1. The second-order valence-electron chi connectivity index (χ2n) is 8.35. The maximum Gasteiger partial charge on any atom is 0.256 e. The first-order valence-electron chi connectivity index (χ1n) is 9.27. The van der Waals surface area contributed by atoms with Gasteiger partial charge in [-0.15, -0.1) is 11.3 Å². The normalized spacial score (nSPS) is 18.7. The summed E-state index contributed by atoms with van der Waals surface area (Å²) in [5.74, 6) is 0.941. The van der Waals surface area contributed by atoms with Gasteiger partial charge in [0, 0.05) is 21.5 Å². The summed E-state index contributed by atoms with van der Waals surface area (Å²) in [6.45, 7) is 9.44. The number of carbonyl (C=O) groups excluding carboxylic acids is 1. The van der Waals surface area contributed by atoms with E-state index < -0.39 is 0 Å². The van der Waals surface area contributed by atoms with Crippen molar-refractivity contribution in [1.82, 2.24) is 5.32 Å². The molecule has 4 rings (SSSR count). The molecule has 0 aliphatic carbocycles. The molecule has 0 unspecified atom stereocenters. The molecule has 6 nitrogen and oxygen atoms in total. The lowest BCUT2D eigenvalue weighted by molar-refractivity contribution is 0.102. The molecule has 1 aromatic carbocycles. The largest absolute Gasteiger partial charge is 0.486 e. The third-order valence-corrected chi connectivity index (χ3v) is 6.46. The number of benzene rings is 1. The Kier molecular flexibility index (Phi) is 4.36. The van der Waals surface area contributed by atoms with Gasteiger partial charge in [-0.05, 0) is 57.9 Å². The Hall–Kier alpha value is -2.56. The minimum Gasteiger partial charge on any atom is -0.486 e. The van der Waals surface area contributed by atoms with Crippen molar-refractivity contribution in [3.8, 4) is 17.6 Å². The Morgan fingerprint density at radius 2 is 1.93 bits per heavy atom. The third kappa shape index (κ3) is 3.23. The topological polar surface area (TPSA) is 83.4 Å². The zero-order chi connectivity index (χ0) is 20.1. The molecule has 7 heteroatoms. The maximum absolute atomic E-state index is 12.8. The molecule has 2 N–H and O–H groups in total. The number of nitrogens with zero attached hydrogens (tertiary/aromatic N) is 1. The molecule has 0 saturated heterocycles. The van der Waals surface area contributed by atoms with Crippen molar-refractivity contribution in [1.29, 1.82) is 5.26 Å². The number of carbonyl (C=O) groups is 1. The predicted molar refractivity (Wildman–Crippen MR) is 108 cm³/mol. The summed E-state index contributed by atoms with van der Waals surface area (Å²) in [6.07, 6.45) is 0.741. The van der Waals surface area contributed by atoms with Gasteiger partial charge in [0.15, 0.2) is 11.5 Å². The number of anilines is 1. The molecule has 28 heavy (non-hydrogen) atoms. The van der Waals surface area contributed by atoms with Crippen molar-refractivity contribution in [2.24, 2.45) is 0 Å². The Bertz CT molecular complexity index is 1000. The van der Waals surface area contributed by atoms with Gasteiger partial charge in [-0.1, -0.05) is 0 Å². The molecule has 0 saturated carbocycles. The highest BCUT2D eigenvalue weighted by Gasteiger charge is 2.40. The number of nitriles is 1. The van der Waals surface area contributed by atoms with Crippen molar-refractivity contribution in [2.75, 3.05) is 18.5 Å². The molecule has 2 aromatic rings. The first-order chi connectivity index (χ1) is 13.2. The van der Waals surface area contributed by atoms with Crippen LogP contribution in [0.1, 0.15) is 54.1 Å². The molecular weight excluding hydrogens is 374 g/mol. The number of hydrogen-bond donors (Lipinski definition) is 2. The number of hydrogen-bond acceptors (Lipinski definition) is 6. The van der Waals surface area contributed by atoms with Gasteiger partial charge in [0.1, 0.15) is 24.3 Å². The first kappa shape index (κ1) is 18.8. The lowest BCUT2D eigenvalue weighted by Crippen LogP contribution is -2.54. The van der Waals surface area contributed by atoms with E-state index in [0.717, 1.165) is 16.9 Å². The smallest absolute Gasteiger partial charge is 0.256 e. The highest BCUT2D eigenvalue weighted by Crippen LogP contribution is 2.45. The van der Waals surface area contributed by atoms with E-state index in [4.69, 9.17) is 9.47 Å². The molecule has 0 atom stereocenters. The van der Waals surface area contributed by atoms with Crippen LogP contribution < -0.4 is 20.1 Å². The molecule has 1 amide bonds. The molecule has 2 aliphatic heterocycles. The van der Waals surface area contributed by atoms with Crippen LogP contribution in [-0.4, -0.2) is 24.7 Å². The van der Waals surface area contributed by atoms with Crippen LogP contribution in [-0.2, 0) is 12.0 Å². The summed E-state index contributed by atoms with van der Waals surface area (Å²) in [5, 5.41) is 17.0. The van der Waals surface area contributed by atoms with Gasteiger partial charge in [-0.2, -0.15) is 5.26 Å². The summed E-state index contributed by atoms with van der Waals surface area (Å²) >= 11 is 1.47. The van der Waals surface area contributed by atoms with Crippen LogP contribution in [0.2, 0.25) is 0 Å². The monoisotopic (exact) mass is 397 g/mol. The average molecular weight is 398 g/mol. The molecule has 2 aliphatic rings. The summed E-state index contributed by atoms with van der Waals surface area (Å²) in [7, 11) is 0. The highest BCUT2D eigenvalue weighted by molar-refractivity contribution is 7.17. The zero-order valence-electron chi connectivity index (χ0n) is 16.4. The fourth-order valence-electron chi connectivity index (χ4n) is 4.09. The van der Waals surface area contributed by atoms with Crippen molar-refractivity contribution in [2.45, 2.75) is 45.2 Å². The number of rotatable bonds is 2. The highest BCUT2D eigenvalue weighted by atomic mass is 32.1. The van der Waals surface area contributed by atoms with E-state index in [1.165, 1.54) is 11.3 Å². The second kappa shape index (κ2) is 6.50. The van der Waals surface area contributed by atoms with E-state index in [1.807, 2.05) is 0 Å². The van der Waals surface area contributed by atoms with E-state index in [0.29, 0.717) is 40.8 Å². The van der Waals surface area contributed by atoms with Crippen LogP contribution in [0.5, 0.6) is 11.5 Å². The molecule has 1 aromatic heterocycles. The fourth-order valence-corrected chi connectivity index (χ4v) is 5.32. The Balaban J connectivity index is 1.67. The molecule has 3 heterocycles. The van der Waals surface area contributed by atoms with Crippen LogP contribution in [0.25, 0.3) is 0 Å². The van der Waals surface area contributed by atoms with Gasteiger partial charge < -0.3 is 20.1 Å². The van der Waals surface area contributed by atoms with E-state index in [2.05, 4.69) is 44.4 Å². The van der Waals surface area contributed by atoms with Crippen LogP contribution in [0.3, 0.4) is 0 Å². The fraction of sp³-hybridized carbons (Fsp3) is 0.429. The van der Waals surface area contributed by atoms with Crippen molar-refractivity contribution < 1.29 is 14.3 Å². The minimum absolute atomic E-state index is 0.125. The van der Waals surface area contributed by atoms with Crippen LogP contribution in [0.4, 0.5) is 5.00 Å². The van der Waals surface area contributed by atoms with E-state index in [1.54, 1.807) is 18.2 Å². The van der Waals surface area contributed by atoms with E-state index in [-0.39, 0.29) is 17.0 Å².